The first kappa shape index (κ1) is 125. The van der Waals surface area contributed by atoms with E-state index in [1.54, 1.807) is 0 Å². The summed E-state index contributed by atoms with van der Waals surface area (Å²) in [6.45, 7) is 1.27. The first-order chi connectivity index (χ1) is 65.6. The first-order valence-corrected chi connectivity index (χ1v) is 53.1. The molecule has 0 aromatic rings. The lowest BCUT2D eigenvalue weighted by Gasteiger charge is -2.52. The smallest absolute Gasteiger partial charge is 0.472 e. The number of carboxylic acids is 2. The third-order valence-electron chi connectivity index (χ3n) is 25.7. The van der Waals surface area contributed by atoms with Gasteiger partial charge in [0.1, 0.15) is 104 Å². The van der Waals surface area contributed by atoms with Crippen LogP contribution in [0, 0.1) is 0 Å². The van der Waals surface area contributed by atoms with Crippen LogP contribution in [0.5, 0.6) is 0 Å². The van der Waals surface area contributed by atoms with E-state index in [-0.39, 0.29) is 25.7 Å². The maximum Gasteiger partial charge on any atom is 0.472 e. The average molecular weight is 2040 g/mol. The number of phosphoric acid groups is 2. The van der Waals surface area contributed by atoms with E-state index in [2.05, 4.69) is 38.3 Å². The number of ether oxygens (including phenoxy) is 11. The Morgan fingerprint density at radius 2 is 0.746 bits per heavy atom. The Labute approximate surface area is 808 Å². The number of carboxylic acid groups (broad SMARTS) is 2. The molecule has 0 aliphatic carbocycles. The second kappa shape index (κ2) is 65.6. The van der Waals surface area contributed by atoms with Crippen LogP contribution < -0.4 is 10.6 Å². The summed E-state index contributed by atoms with van der Waals surface area (Å²) in [5.41, 5.74) is 0. The van der Waals surface area contributed by atoms with Crippen LogP contribution >= 0.6 is 15.6 Å². The summed E-state index contributed by atoms with van der Waals surface area (Å²) in [5.74, 6) is -16.9. The van der Waals surface area contributed by atoms with Crippen molar-refractivity contribution in [2.45, 2.75) is 506 Å². The van der Waals surface area contributed by atoms with Gasteiger partial charge in [0.05, 0.1) is 95.3 Å². The topological polar surface area (TPSA) is 726 Å². The van der Waals surface area contributed by atoms with Crippen LogP contribution in [0.1, 0.15) is 323 Å². The lowest BCUT2D eigenvalue weighted by Crippen LogP contribution is -2.70. The van der Waals surface area contributed by atoms with Crippen molar-refractivity contribution in [1.82, 2.24) is 10.6 Å². The second-order valence-corrected chi connectivity index (χ2v) is 40.0. The highest BCUT2D eigenvalue weighted by Crippen LogP contribution is 2.47. The molecule has 30 atom stereocenters. The van der Waals surface area contributed by atoms with Gasteiger partial charge >= 0.3 is 39.5 Å². The molecule has 5 rings (SSSR count). The van der Waals surface area contributed by atoms with Crippen molar-refractivity contribution in [3.05, 3.63) is 0 Å². The molecule has 808 valence electrons. The number of hydrogen-bond acceptors (Lipinski definition) is 37. The van der Waals surface area contributed by atoms with Gasteiger partial charge in [-0.05, 0) is 25.7 Å². The maximum absolute atomic E-state index is 14.9. The third kappa shape index (κ3) is 43.6. The molecule has 0 unspecified atom stereocenters. The van der Waals surface area contributed by atoms with Gasteiger partial charge in [-0.15, -0.1) is 0 Å². The highest BCUT2D eigenvalue weighted by atomic mass is 31.2. The predicted molar refractivity (Wildman–Crippen MR) is 486 cm³/mol. The summed E-state index contributed by atoms with van der Waals surface area (Å²) in [6, 6.07) is -4.48. The van der Waals surface area contributed by atoms with Gasteiger partial charge in [-0.25, -0.2) is 18.7 Å². The number of aliphatic hydroxyl groups is 16. The zero-order valence-corrected chi connectivity index (χ0v) is 82.3. The van der Waals surface area contributed by atoms with Gasteiger partial charge in [-0.1, -0.05) is 259 Å². The minimum Gasteiger partial charge on any atom is -0.477 e. The van der Waals surface area contributed by atoms with Crippen molar-refractivity contribution < 1.29 is 211 Å². The van der Waals surface area contributed by atoms with Crippen LogP contribution in [0.15, 0.2) is 0 Å². The fraction of sp³-hybridized carbons (Fsp3) is 0.934. The van der Waals surface area contributed by atoms with Crippen molar-refractivity contribution in [2.75, 3.05) is 33.0 Å². The van der Waals surface area contributed by atoms with Gasteiger partial charge in [0.25, 0.3) is 11.6 Å². The van der Waals surface area contributed by atoms with Crippen LogP contribution in [0.4, 0.5) is 0 Å². The Morgan fingerprint density at radius 1 is 0.377 bits per heavy atom. The van der Waals surface area contributed by atoms with Gasteiger partial charge < -0.3 is 174 Å². The molecule has 45 nitrogen and oxygen atoms in total. The van der Waals surface area contributed by atoms with Crippen LogP contribution in [-0.4, -0.2) is 363 Å². The van der Waals surface area contributed by atoms with E-state index in [0.29, 0.717) is 51.4 Å². The largest absolute Gasteiger partial charge is 0.477 e. The summed E-state index contributed by atoms with van der Waals surface area (Å²) < 4.78 is 104. The molecule has 5 fully saturated rings. The van der Waals surface area contributed by atoms with Crippen LogP contribution in [-0.2, 0) is 99.1 Å². The normalized spacial score (nSPS) is 30.3. The van der Waals surface area contributed by atoms with Crippen LogP contribution in [0.2, 0.25) is 0 Å². The van der Waals surface area contributed by atoms with E-state index in [0.717, 1.165) is 180 Å². The fourth-order valence-electron chi connectivity index (χ4n) is 17.9. The summed E-state index contributed by atoms with van der Waals surface area (Å²) in [5, 5.41) is 207. The molecular formula is C91H166N2O43P2. The van der Waals surface area contributed by atoms with E-state index < -0.39 is 306 Å². The number of carbonyl (C=O) groups excluding carboxylic acids is 4. The quantitative estimate of drug-likeness (QED) is 0.0236. The molecule has 24 N–H and O–H groups in total. The molecule has 138 heavy (non-hydrogen) atoms. The summed E-state index contributed by atoms with van der Waals surface area (Å²) in [4.78, 5) is 130. The standard InChI is InChI=1S/C91H166N2O43P2/c1-5-9-13-17-21-25-29-33-37-41-56(97)45-67(105)92-71-83(128-69(107)47-58(99)43-39-35-31-27-23-19-15-11-7-3)74(110)65(126-86(71)136-138(121,122)123)54-124-85-72(93-68(106)46-57(98)42-38-34-30-26-22-18-14-10-6-2)84(129-70(108)48-59(100)44-40-36-32-28-24-20-16-12-8-4)82(135-137(118,119)120)66(127-85)55-125-90(88(114)115)50-64(132-91(89(116)117)49-60(101)73(109)79(133-91)62(103)52-95)81(80(134-90)63(104)53-96)131-87-77(113)75(111)76(112)78(130-87)61(102)51-94/h56-66,71-87,94-104,109-113H,5-55H2,1-4H3,(H,92,105)(H,93,106)(H,114,115)(H,116,117)(H2,118,119,120)(H2,121,122,123)/t56-,57-,58-,59-,60-,61+,62-,63-,64-,65-,66-,71-,72-,73-,74-,75+,76+,77+,78-,79-,80-,81-,82-,83-,84-,85-,86-,87-,90-,91-/m1/s1. The van der Waals surface area contributed by atoms with E-state index in [4.69, 9.17) is 61.2 Å². The Bertz CT molecular complexity index is 3490. The molecule has 0 spiro atoms. The third-order valence-corrected chi connectivity index (χ3v) is 26.7. The minimum absolute atomic E-state index is 0.00691. The Balaban J connectivity index is 1.74. The number of aliphatic carboxylic acids is 2. The number of nitrogens with one attached hydrogen (secondary N) is 2. The zero-order valence-electron chi connectivity index (χ0n) is 80.5. The fourth-order valence-corrected chi connectivity index (χ4v) is 19.0. The van der Waals surface area contributed by atoms with Gasteiger partial charge in [-0.3, -0.25) is 28.2 Å². The number of carbonyl (C=O) groups is 6. The highest BCUT2D eigenvalue weighted by Gasteiger charge is 2.64. The molecule has 5 saturated heterocycles. The number of esters is 2. The molecule has 0 bridgehead atoms. The second-order valence-electron chi connectivity index (χ2n) is 37.6. The number of aliphatic hydroxyl groups excluding tert-OH is 16. The summed E-state index contributed by atoms with van der Waals surface area (Å²) >= 11 is 0. The summed E-state index contributed by atoms with van der Waals surface area (Å²) in [6.07, 6.45) is -33.9. The molecule has 5 aliphatic heterocycles. The summed E-state index contributed by atoms with van der Waals surface area (Å²) in [7, 11) is -12.1. The zero-order chi connectivity index (χ0) is 102. The molecular weight excluding hydrogens is 1870 g/mol. The van der Waals surface area contributed by atoms with Crippen molar-refractivity contribution in [3.63, 3.8) is 0 Å². The number of amides is 2. The molecule has 5 aliphatic rings. The molecule has 0 aromatic heterocycles. The van der Waals surface area contributed by atoms with Crippen molar-refractivity contribution in [1.29, 1.82) is 0 Å². The molecule has 0 aromatic carbocycles. The Kier molecular flexibility index (Phi) is 59.2. The number of phosphoric ester groups is 2. The first-order valence-electron chi connectivity index (χ1n) is 50.1. The molecule has 0 radical (unpaired) electrons. The lowest BCUT2D eigenvalue weighted by molar-refractivity contribution is -0.400. The van der Waals surface area contributed by atoms with Gasteiger partial charge in [0.2, 0.25) is 11.8 Å². The van der Waals surface area contributed by atoms with E-state index in [1.807, 2.05) is 0 Å². The van der Waals surface area contributed by atoms with Crippen molar-refractivity contribution in [2.24, 2.45) is 0 Å². The van der Waals surface area contributed by atoms with Crippen molar-refractivity contribution in [3.8, 4) is 0 Å². The Morgan fingerprint density at radius 3 is 1.15 bits per heavy atom. The van der Waals surface area contributed by atoms with E-state index >= 15 is 0 Å². The van der Waals surface area contributed by atoms with Gasteiger partial charge in [0.15, 0.2) is 31.1 Å². The SMILES string of the molecule is CCCCCCCCCCC[C@@H](O)CC(=O)N[C@H]1[C@H](OC[C@H]2O[C@H](OP(=O)(O)O)[C@H](NC(=O)C[C@H](O)CCCCCCCCCCC)[C@@H](OC(=O)C[C@H](O)CCCCCCCCCCC)[C@@H]2O)O[C@H](CO[C@]2(C(=O)O)C[C@@H](O[C@]3(C(=O)O)C[C@@H](O)[C@@H](O)[C@@H]([C@H](O)CO)O3)[C@@H](O[C@H]3O[C@H]([C@@H](O)CO)[C@@H](O)[C@H](O)[C@@H]3O)[C@@H]([C@H](O)CO)O2)[C@@H](OP(=O)(O)O)[C@@H]1OC(=O)C[C@H](O)CCCCCCCCCCC. The Hall–Kier alpha value is -3.96. The monoisotopic (exact) mass is 2040 g/mol. The van der Waals surface area contributed by atoms with Gasteiger partial charge in [0, 0.05) is 12.8 Å². The van der Waals surface area contributed by atoms with Crippen LogP contribution in [0.25, 0.3) is 0 Å². The minimum atomic E-state index is -6.22. The maximum atomic E-state index is 14.9. The number of hydrogen-bond donors (Lipinski definition) is 24. The van der Waals surface area contributed by atoms with Crippen molar-refractivity contribution >= 4 is 51.3 Å². The molecule has 47 heteroatoms. The average Bonchev–Trinajstić information content (AvgIpc) is 0.741. The van der Waals surface area contributed by atoms with Crippen LogP contribution in [0.3, 0.4) is 0 Å². The molecule has 2 amide bonds. The lowest BCUT2D eigenvalue weighted by atomic mass is 9.89. The number of unbranched alkanes of at least 4 members (excludes halogenated alkanes) is 32. The molecule has 0 saturated carbocycles. The van der Waals surface area contributed by atoms with E-state index in [9.17, 15) is 149 Å². The van der Waals surface area contributed by atoms with E-state index in [1.165, 1.54) is 0 Å². The molecule has 5 heterocycles. The predicted octanol–water partition coefficient (Wildman–Crippen LogP) is 3.40. The number of rotatable bonds is 74. The van der Waals surface area contributed by atoms with Gasteiger partial charge in [-0.2, -0.15) is 0 Å². The highest BCUT2D eigenvalue weighted by molar-refractivity contribution is 7.46.